The van der Waals surface area contributed by atoms with E-state index in [1.54, 1.807) is 0 Å². The van der Waals surface area contributed by atoms with Gasteiger partial charge in [-0.1, -0.05) is 29.8 Å². The predicted octanol–water partition coefficient (Wildman–Crippen LogP) is 0.748. The van der Waals surface area contributed by atoms with E-state index in [0.29, 0.717) is 13.1 Å². The Balaban J connectivity index is 2.53. The molecule has 0 fully saturated rings. The minimum absolute atomic E-state index is 0.186. The van der Waals surface area contributed by atoms with Crippen molar-refractivity contribution in [3.05, 3.63) is 35.4 Å². The summed E-state index contributed by atoms with van der Waals surface area (Å²) >= 11 is 0. The van der Waals surface area contributed by atoms with Crippen LogP contribution < -0.4 is 5.73 Å². The Labute approximate surface area is 91.5 Å². The zero-order chi connectivity index (χ0) is 11.1. The molecule has 1 aromatic rings. The first-order valence-electron chi connectivity index (χ1n) is 5.35. The quantitative estimate of drug-likeness (QED) is 0.725. The number of benzene rings is 1. The van der Waals surface area contributed by atoms with Gasteiger partial charge in [-0.3, -0.25) is 4.90 Å². The predicted molar refractivity (Wildman–Crippen MR) is 62.6 cm³/mol. The number of aliphatic hydroxyl groups excluding tert-OH is 1. The van der Waals surface area contributed by atoms with E-state index in [1.807, 2.05) is 0 Å². The molecule has 0 atom stereocenters. The number of aliphatic hydroxyl groups is 1. The molecule has 15 heavy (non-hydrogen) atoms. The van der Waals surface area contributed by atoms with Crippen molar-refractivity contribution in [1.82, 2.24) is 4.90 Å². The van der Waals surface area contributed by atoms with E-state index in [0.717, 1.165) is 13.1 Å². The van der Waals surface area contributed by atoms with Gasteiger partial charge in [0.25, 0.3) is 0 Å². The molecule has 84 valence electrons. The van der Waals surface area contributed by atoms with Crippen LogP contribution in [0, 0.1) is 6.92 Å². The molecule has 0 saturated carbocycles. The number of hydrogen-bond donors (Lipinski definition) is 2. The Morgan fingerprint density at radius 1 is 1.20 bits per heavy atom. The lowest BCUT2D eigenvalue weighted by atomic mass is 10.1. The summed E-state index contributed by atoms with van der Waals surface area (Å²) in [5, 5.41) is 8.90. The zero-order valence-electron chi connectivity index (χ0n) is 9.32. The highest BCUT2D eigenvalue weighted by molar-refractivity contribution is 5.21. The molecule has 0 spiro atoms. The van der Waals surface area contributed by atoms with Crippen molar-refractivity contribution in [2.75, 3.05) is 26.2 Å². The van der Waals surface area contributed by atoms with Crippen LogP contribution >= 0.6 is 0 Å². The van der Waals surface area contributed by atoms with E-state index in [4.69, 9.17) is 10.8 Å². The van der Waals surface area contributed by atoms with Crippen molar-refractivity contribution in [2.24, 2.45) is 5.73 Å². The summed E-state index contributed by atoms with van der Waals surface area (Å²) in [5.74, 6) is 0. The van der Waals surface area contributed by atoms with Crippen LogP contribution in [0.15, 0.2) is 24.3 Å². The van der Waals surface area contributed by atoms with Crippen LogP contribution in [0.2, 0.25) is 0 Å². The number of rotatable bonds is 6. The molecule has 3 nitrogen and oxygen atoms in total. The summed E-state index contributed by atoms with van der Waals surface area (Å²) in [4.78, 5) is 2.16. The maximum atomic E-state index is 8.90. The van der Waals surface area contributed by atoms with E-state index >= 15 is 0 Å². The third kappa shape index (κ3) is 4.42. The Kier molecular flexibility index (Phi) is 5.32. The molecule has 0 aromatic heterocycles. The first-order valence-corrected chi connectivity index (χ1v) is 5.35. The molecule has 3 heteroatoms. The van der Waals surface area contributed by atoms with Crippen LogP contribution in [0.5, 0.6) is 0 Å². The Bertz CT molecular complexity index is 265. The van der Waals surface area contributed by atoms with Gasteiger partial charge in [-0.15, -0.1) is 0 Å². The molecule has 0 heterocycles. The van der Waals surface area contributed by atoms with Gasteiger partial charge in [-0.05, 0) is 12.5 Å². The van der Waals surface area contributed by atoms with Crippen molar-refractivity contribution in [1.29, 1.82) is 0 Å². The van der Waals surface area contributed by atoms with E-state index < -0.39 is 0 Å². The smallest absolute Gasteiger partial charge is 0.0558 e. The Morgan fingerprint density at radius 3 is 2.40 bits per heavy atom. The van der Waals surface area contributed by atoms with E-state index in [1.165, 1.54) is 11.1 Å². The molecule has 0 aliphatic carbocycles. The molecule has 0 aliphatic rings. The molecule has 0 unspecified atom stereocenters. The summed E-state index contributed by atoms with van der Waals surface area (Å²) in [6.45, 7) is 5.27. The molecule has 0 aliphatic heterocycles. The lowest BCUT2D eigenvalue weighted by molar-refractivity contribution is 0.194. The maximum Gasteiger partial charge on any atom is 0.0558 e. The fourth-order valence-electron chi connectivity index (χ4n) is 1.55. The molecule has 0 bridgehead atoms. The van der Waals surface area contributed by atoms with Crippen LogP contribution in [0.3, 0.4) is 0 Å². The van der Waals surface area contributed by atoms with Gasteiger partial charge in [0.2, 0.25) is 0 Å². The molecular formula is C12H20N2O. The summed E-state index contributed by atoms with van der Waals surface area (Å²) in [7, 11) is 0. The second-order valence-corrected chi connectivity index (χ2v) is 3.77. The Morgan fingerprint density at radius 2 is 1.87 bits per heavy atom. The lowest BCUT2D eigenvalue weighted by Crippen LogP contribution is -2.31. The molecule has 1 aromatic carbocycles. The van der Waals surface area contributed by atoms with Crippen molar-refractivity contribution in [3.8, 4) is 0 Å². The summed E-state index contributed by atoms with van der Waals surface area (Å²) < 4.78 is 0. The molecule has 1 rings (SSSR count). The van der Waals surface area contributed by atoms with Gasteiger partial charge in [0.1, 0.15) is 0 Å². The Hall–Kier alpha value is -0.900. The number of nitrogens with zero attached hydrogens (tertiary/aromatic N) is 1. The SMILES string of the molecule is Cc1ccc(CN(CCN)CCO)cc1. The number of hydrogen-bond acceptors (Lipinski definition) is 3. The molecule has 0 saturated heterocycles. The van der Waals surface area contributed by atoms with Crippen LogP contribution in [0.25, 0.3) is 0 Å². The summed E-state index contributed by atoms with van der Waals surface area (Å²) in [6.07, 6.45) is 0. The molecular weight excluding hydrogens is 188 g/mol. The van der Waals surface area contributed by atoms with Gasteiger partial charge in [0.05, 0.1) is 6.61 Å². The minimum atomic E-state index is 0.186. The van der Waals surface area contributed by atoms with E-state index in [-0.39, 0.29) is 6.61 Å². The highest BCUT2D eigenvalue weighted by Gasteiger charge is 2.03. The number of nitrogens with two attached hydrogens (primary N) is 1. The van der Waals surface area contributed by atoms with E-state index in [2.05, 4.69) is 36.1 Å². The second-order valence-electron chi connectivity index (χ2n) is 3.77. The summed E-state index contributed by atoms with van der Waals surface area (Å²) in [5.41, 5.74) is 8.05. The van der Waals surface area contributed by atoms with Gasteiger partial charge >= 0.3 is 0 Å². The van der Waals surface area contributed by atoms with Crippen molar-refractivity contribution in [2.45, 2.75) is 13.5 Å². The molecule has 3 N–H and O–H groups in total. The van der Waals surface area contributed by atoms with Gasteiger partial charge in [-0.2, -0.15) is 0 Å². The molecule has 0 radical (unpaired) electrons. The maximum absolute atomic E-state index is 8.90. The zero-order valence-corrected chi connectivity index (χ0v) is 9.32. The fourth-order valence-corrected chi connectivity index (χ4v) is 1.55. The highest BCUT2D eigenvalue weighted by Crippen LogP contribution is 2.06. The van der Waals surface area contributed by atoms with Crippen molar-refractivity contribution >= 4 is 0 Å². The van der Waals surface area contributed by atoms with E-state index in [9.17, 15) is 0 Å². The third-order valence-electron chi connectivity index (χ3n) is 2.39. The molecule has 0 amide bonds. The fraction of sp³-hybridized carbons (Fsp3) is 0.500. The average Bonchev–Trinajstić information content (AvgIpc) is 2.22. The highest BCUT2D eigenvalue weighted by atomic mass is 16.3. The third-order valence-corrected chi connectivity index (χ3v) is 2.39. The summed E-state index contributed by atoms with van der Waals surface area (Å²) in [6, 6.07) is 8.45. The van der Waals surface area contributed by atoms with Crippen LogP contribution in [0.4, 0.5) is 0 Å². The van der Waals surface area contributed by atoms with Crippen molar-refractivity contribution < 1.29 is 5.11 Å². The average molecular weight is 208 g/mol. The van der Waals surface area contributed by atoms with Crippen molar-refractivity contribution in [3.63, 3.8) is 0 Å². The first kappa shape index (κ1) is 12.2. The largest absolute Gasteiger partial charge is 0.395 e. The second kappa shape index (κ2) is 6.56. The van der Waals surface area contributed by atoms with Crippen LogP contribution in [-0.4, -0.2) is 36.2 Å². The van der Waals surface area contributed by atoms with Gasteiger partial charge in [0.15, 0.2) is 0 Å². The lowest BCUT2D eigenvalue weighted by Gasteiger charge is -2.20. The van der Waals surface area contributed by atoms with Crippen LogP contribution in [0.1, 0.15) is 11.1 Å². The topological polar surface area (TPSA) is 49.5 Å². The minimum Gasteiger partial charge on any atom is -0.395 e. The first-order chi connectivity index (χ1) is 7.26. The van der Waals surface area contributed by atoms with Crippen LogP contribution in [-0.2, 0) is 6.54 Å². The number of aryl methyl sites for hydroxylation is 1. The standard InChI is InChI=1S/C12H20N2O/c1-11-2-4-12(5-3-11)10-14(7-6-13)8-9-15/h2-5,15H,6-10,13H2,1H3. The monoisotopic (exact) mass is 208 g/mol. The van der Waals surface area contributed by atoms with Gasteiger partial charge in [0, 0.05) is 26.2 Å². The normalized spacial score (nSPS) is 10.9. The van der Waals surface area contributed by atoms with Gasteiger partial charge in [-0.25, -0.2) is 0 Å². The van der Waals surface area contributed by atoms with Gasteiger partial charge < -0.3 is 10.8 Å².